The first kappa shape index (κ1) is 27.5. The van der Waals surface area contributed by atoms with Crippen molar-refractivity contribution in [3.8, 4) is 22.4 Å². The van der Waals surface area contributed by atoms with E-state index < -0.39 is 9.84 Å². The van der Waals surface area contributed by atoms with Crippen molar-refractivity contribution in [2.24, 2.45) is 0 Å². The number of nitrogens with zero attached hydrogens (tertiary/aromatic N) is 5. The van der Waals surface area contributed by atoms with E-state index in [1.807, 2.05) is 77.8 Å². The van der Waals surface area contributed by atoms with E-state index in [2.05, 4.69) is 15.0 Å². The van der Waals surface area contributed by atoms with Gasteiger partial charge in [0.2, 0.25) is 0 Å². The summed E-state index contributed by atoms with van der Waals surface area (Å²) in [6.07, 6.45) is 9.37. The molecule has 1 amide bonds. The van der Waals surface area contributed by atoms with Crippen molar-refractivity contribution in [1.82, 2.24) is 29.2 Å². The van der Waals surface area contributed by atoms with Crippen molar-refractivity contribution >= 4 is 38.2 Å². The SMILES string of the molecule is CS(=O)(=O)c1c(C2C[C@H]3CC[C@@H](C2)N3C(=O)c2cc3cccnc3[nH]2)nc2c(-c3ccc(-c4ccccc4)nc3)ccn2c1N. The number of hydrogen-bond donors (Lipinski definition) is 2. The van der Waals surface area contributed by atoms with Crippen LogP contribution in [-0.2, 0) is 9.84 Å². The number of piperidine rings is 1. The Labute approximate surface area is 259 Å². The van der Waals surface area contributed by atoms with Crippen molar-refractivity contribution in [1.29, 1.82) is 0 Å². The zero-order valence-electron chi connectivity index (χ0n) is 24.6. The maximum atomic E-state index is 13.7. The van der Waals surface area contributed by atoms with Gasteiger partial charge < -0.3 is 15.6 Å². The number of rotatable bonds is 5. The van der Waals surface area contributed by atoms with E-state index in [1.165, 1.54) is 6.26 Å². The average Bonchev–Trinajstić information content (AvgIpc) is 3.74. The number of H-pyrrole nitrogens is 1. The maximum absolute atomic E-state index is 13.7. The number of nitrogens with two attached hydrogens (primary N) is 1. The second kappa shape index (κ2) is 10.3. The van der Waals surface area contributed by atoms with E-state index in [4.69, 9.17) is 10.7 Å². The highest BCUT2D eigenvalue weighted by atomic mass is 32.2. The second-order valence-electron chi connectivity index (χ2n) is 12.1. The number of carbonyl (C=O) groups is 1. The first-order chi connectivity index (χ1) is 21.8. The van der Waals surface area contributed by atoms with Crippen LogP contribution in [0.15, 0.2) is 90.2 Å². The molecule has 5 aromatic heterocycles. The summed E-state index contributed by atoms with van der Waals surface area (Å²) >= 11 is 0. The van der Waals surface area contributed by atoms with Crippen LogP contribution < -0.4 is 5.73 Å². The number of benzene rings is 1. The Morgan fingerprint density at radius 3 is 2.42 bits per heavy atom. The van der Waals surface area contributed by atoms with Crippen molar-refractivity contribution in [2.45, 2.75) is 48.6 Å². The van der Waals surface area contributed by atoms with Gasteiger partial charge in [0.1, 0.15) is 27.7 Å². The third-order valence-electron chi connectivity index (χ3n) is 9.30. The molecule has 0 aliphatic carbocycles. The lowest BCUT2D eigenvalue weighted by atomic mass is 9.87. The van der Waals surface area contributed by atoms with Gasteiger partial charge in [-0.1, -0.05) is 36.4 Å². The fourth-order valence-corrected chi connectivity index (χ4v) is 8.37. The molecular formula is C34H31N7O3S. The van der Waals surface area contributed by atoms with Gasteiger partial charge in [0.05, 0.1) is 11.4 Å². The maximum Gasteiger partial charge on any atom is 0.270 e. The topological polar surface area (TPSA) is 139 Å². The highest BCUT2D eigenvalue weighted by molar-refractivity contribution is 7.91. The second-order valence-corrected chi connectivity index (χ2v) is 14.0. The van der Waals surface area contributed by atoms with E-state index in [-0.39, 0.29) is 34.6 Å². The number of anilines is 1. The molecule has 0 saturated carbocycles. The number of nitrogens with one attached hydrogen (secondary N) is 1. The minimum Gasteiger partial charge on any atom is -0.384 e. The number of pyridine rings is 2. The Bertz CT molecular complexity index is 2160. The van der Waals surface area contributed by atoms with Gasteiger partial charge in [-0.3, -0.25) is 14.2 Å². The molecule has 0 spiro atoms. The summed E-state index contributed by atoms with van der Waals surface area (Å²) < 4.78 is 28.1. The summed E-state index contributed by atoms with van der Waals surface area (Å²) in [4.78, 5) is 33.0. The standard InChI is InChI=1S/C34H31N7O3S/c1-45(43,44)30-29(23-16-24-10-11-25(17-23)41(24)34(42)28-18-21-8-5-14-36-32(21)38-28)39-33-26(13-15-40(33)31(30)35)22-9-12-27(37-19-22)20-6-3-2-4-7-20/h2-9,12-15,18-19,23-25H,10-11,16-17,35H2,1H3,(H,36,38)/t23?,24-,25+. The van der Waals surface area contributed by atoms with Crippen LogP contribution >= 0.6 is 0 Å². The van der Waals surface area contributed by atoms with Crippen LogP contribution in [-0.4, -0.2) is 61.9 Å². The van der Waals surface area contributed by atoms with E-state index in [0.717, 1.165) is 40.6 Å². The molecule has 3 atom stereocenters. The summed E-state index contributed by atoms with van der Waals surface area (Å²) in [6.45, 7) is 0. The molecule has 11 heteroatoms. The fourth-order valence-electron chi connectivity index (χ4n) is 7.30. The first-order valence-electron chi connectivity index (χ1n) is 15.0. The van der Waals surface area contributed by atoms with Gasteiger partial charge >= 0.3 is 0 Å². The van der Waals surface area contributed by atoms with Gasteiger partial charge in [0.15, 0.2) is 9.84 Å². The summed E-state index contributed by atoms with van der Waals surface area (Å²) in [5.74, 6) is -0.0751. The normalized spacial score (nSPS) is 19.8. The number of nitrogen functional groups attached to an aromatic ring is 1. The number of sulfone groups is 1. The van der Waals surface area contributed by atoms with E-state index in [1.54, 1.807) is 16.8 Å². The number of fused-ring (bicyclic) bond motifs is 4. The van der Waals surface area contributed by atoms with Gasteiger partial charge in [0, 0.05) is 64.9 Å². The lowest BCUT2D eigenvalue weighted by molar-refractivity contribution is 0.0563. The van der Waals surface area contributed by atoms with Gasteiger partial charge in [-0.25, -0.2) is 18.4 Å². The monoisotopic (exact) mass is 617 g/mol. The Balaban J connectivity index is 1.16. The minimum absolute atomic E-state index is 0.0340. The minimum atomic E-state index is -3.71. The molecule has 3 N–H and O–H groups in total. The molecule has 2 bridgehead atoms. The van der Waals surface area contributed by atoms with Crippen LogP contribution in [0.25, 0.3) is 39.1 Å². The highest BCUT2D eigenvalue weighted by Crippen LogP contribution is 2.46. The summed E-state index contributed by atoms with van der Waals surface area (Å²) in [6, 6.07) is 21.4. The van der Waals surface area contributed by atoms with Crippen LogP contribution in [0.3, 0.4) is 0 Å². The summed E-state index contributed by atoms with van der Waals surface area (Å²) in [5.41, 5.74) is 12.5. The van der Waals surface area contributed by atoms with Gasteiger partial charge in [-0.05, 0) is 56.0 Å². The summed E-state index contributed by atoms with van der Waals surface area (Å²) in [5, 5.41) is 0.891. The Morgan fingerprint density at radius 2 is 1.73 bits per heavy atom. The zero-order valence-corrected chi connectivity index (χ0v) is 25.4. The molecule has 2 saturated heterocycles. The number of amides is 1. The first-order valence-corrected chi connectivity index (χ1v) is 16.9. The quantitative estimate of drug-likeness (QED) is 0.261. The van der Waals surface area contributed by atoms with Crippen molar-refractivity contribution in [3.05, 3.63) is 96.7 Å². The smallest absolute Gasteiger partial charge is 0.270 e. The molecule has 45 heavy (non-hydrogen) atoms. The third-order valence-corrected chi connectivity index (χ3v) is 10.5. The lowest BCUT2D eigenvalue weighted by Gasteiger charge is -2.39. The summed E-state index contributed by atoms with van der Waals surface area (Å²) in [7, 11) is -3.71. The molecule has 226 valence electrons. The van der Waals surface area contributed by atoms with Crippen LogP contribution in [0, 0.1) is 0 Å². The number of hydrogen-bond acceptors (Lipinski definition) is 7. The molecule has 2 aliphatic rings. The Hall–Kier alpha value is -5.03. The van der Waals surface area contributed by atoms with Gasteiger partial charge in [-0.2, -0.15) is 0 Å². The Kier molecular flexibility index (Phi) is 6.28. The molecule has 1 unspecified atom stereocenters. The van der Waals surface area contributed by atoms with Crippen LogP contribution in [0.1, 0.15) is 47.8 Å². The zero-order chi connectivity index (χ0) is 30.9. The lowest BCUT2D eigenvalue weighted by Crippen LogP contribution is -2.46. The van der Waals surface area contributed by atoms with Crippen LogP contribution in [0.4, 0.5) is 5.82 Å². The van der Waals surface area contributed by atoms with Crippen molar-refractivity contribution in [2.75, 3.05) is 12.0 Å². The van der Waals surface area contributed by atoms with Crippen LogP contribution in [0.5, 0.6) is 0 Å². The molecule has 8 rings (SSSR count). The fraction of sp³-hybridized carbons (Fsp3) is 0.235. The predicted octanol–water partition coefficient (Wildman–Crippen LogP) is 5.48. The average molecular weight is 618 g/mol. The molecule has 7 heterocycles. The highest BCUT2D eigenvalue weighted by Gasteiger charge is 2.46. The van der Waals surface area contributed by atoms with Gasteiger partial charge in [0.25, 0.3) is 5.91 Å². The van der Waals surface area contributed by atoms with E-state index in [9.17, 15) is 13.2 Å². The molecule has 2 aliphatic heterocycles. The van der Waals surface area contributed by atoms with Crippen molar-refractivity contribution < 1.29 is 13.2 Å². The number of aromatic nitrogens is 5. The van der Waals surface area contributed by atoms with E-state index >= 15 is 0 Å². The van der Waals surface area contributed by atoms with Gasteiger partial charge in [-0.15, -0.1) is 0 Å². The molecule has 10 nitrogen and oxygen atoms in total. The molecule has 2 fully saturated rings. The molecule has 0 radical (unpaired) electrons. The number of aromatic amines is 1. The Morgan fingerprint density at radius 1 is 0.956 bits per heavy atom. The van der Waals surface area contributed by atoms with E-state index in [0.29, 0.717) is 35.5 Å². The molecule has 6 aromatic rings. The third kappa shape index (κ3) is 4.57. The van der Waals surface area contributed by atoms with Crippen LogP contribution in [0.2, 0.25) is 0 Å². The molecular weight excluding hydrogens is 586 g/mol. The molecule has 1 aromatic carbocycles. The predicted molar refractivity (Wildman–Crippen MR) is 172 cm³/mol. The van der Waals surface area contributed by atoms with Crippen molar-refractivity contribution in [3.63, 3.8) is 0 Å². The number of carbonyl (C=O) groups excluding carboxylic acids is 1. The largest absolute Gasteiger partial charge is 0.384 e.